The van der Waals surface area contributed by atoms with E-state index in [4.69, 9.17) is 23.2 Å². The van der Waals surface area contributed by atoms with Crippen LogP contribution in [-0.2, 0) is 4.79 Å². The van der Waals surface area contributed by atoms with Crippen LogP contribution in [-0.4, -0.2) is 68.9 Å². The van der Waals surface area contributed by atoms with Gasteiger partial charge in [-0.1, -0.05) is 107 Å². The lowest BCUT2D eigenvalue weighted by atomic mass is 10.1. The number of halogens is 2. The maximum absolute atomic E-state index is 13.1. The highest BCUT2D eigenvalue weighted by Gasteiger charge is 2.23. The fraction of sp³-hybridized carbons (Fsp3) is 0.233. The molecule has 5 rings (SSSR count). The third kappa shape index (κ3) is 6.92. The quantitative estimate of drug-likeness (QED) is 0.224. The van der Waals surface area contributed by atoms with Crippen LogP contribution >= 0.6 is 35.0 Å². The molecule has 0 radical (unpaired) electrons. The monoisotopic (exact) mass is 577 g/mol. The Hall–Kier alpha value is -3.10. The maximum Gasteiger partial charge on any atom is 0.233 e. The molecule has 0 aliphatic carbocycles. The van der Waals surface area contributed by atoms with Crippen LogP contribution in [0.4, 0.5) is 0 Å². The van der Waals surface area contributed by atoms with E-state index in [1.165, 1.54) is 17.3 Å². The van der Waals surface area contributed by atoms with Gasteiger partial charge in [0.25, 0.3) is 0 Å². The molecule has 0 N–H and O–H groups in total. The van der Waals surface area contributed by atoms with Crippen molar-refractivity contribution in [2.24, 2.45) is 0 Å². The summed E-state index contributed by atoms with van der Waals surface area (Å²) >= 11 is 13.9. The summed E-state index contributed by atoms with van der Waals surface area (Å²) in [6.07, 6.45) is 4.33. The number of nitrogens with zero attached hydrogens (tertiary/aromatic N) is 5. The number of carbonyl (C=O) groups excluding carboxylic acids is 1. The smallest absolute Gasteiger partial charge is 0.233 e. The summed E-state index contributed by atoms with van der Waals surface area (Å²) in [6, 6.07) is 23.8. The van der Waals surface area contributed by atoms with Gasteiger partial charge in [-0.05, 0) is 30.7 Å². The minimum Gasteiger partial charge on any atom is -0.339 e. The van der Waals surface area contributed by atoms with Crippen molar-refractivity contribution in [3.8, 4) is 17.1 Å². The number of piperazine rings is 1. The fourth-order valence-electron chi connectivity index (χ4n) is 4.41. The van der Waals surface area contributed by atoms with Gasteiger partial charge in [0.2, 0.25) is 5.91 Å². The van der Waals surface area contributed by atoms with Gasteiger partial charge >= 0.3 is 0 Å². The van der Waals surface area contributed by atoms with Crippen molar-refractivity contribution in [1.29, 1.82) is 0 Å². The lowest BCUT2D eigenvalue weighted by Gasteiger charge is -2.34. The van der Waals surface area contributed by atoms with Crippen LogP contribution in [0.15, 0.2) is 84.0 Å². The number of amides is 1. The first-order valence-electron chi connectivity index (χ1n) is 12.8. The first-order valence-corrected chi connectivity index (χ1v) is 14.5. The number of rotatable bonds is 8. The Bertz CT molecular complexity index is 1450. The number of aryl methyl sites for hydroxylation is 1. The molecule has 200 valence electrons. The van der Waals surface area contributed by atoms with Crippen LogP contribution < -0.4 is 0 Å². The SMILES string of the molecule is Cc1ccc(-c2nnc(SCC(=O)N3CCN(C/C=C/c4ccccc4)CC3)n2-c2ccc(Cl)c(Cl)c2)cc1. The number of thioether (sulfide) groups is 1. The molecule has 0 bridgehead atoms. The number of aromatic nitrogens is 3. The van der Waals surface area contributed by atoms with Gasteiger partial charge in [-0.2, -0.15) is 0 Å². The van der Waals surface area contributed by atoms with E-state index in [-0.39, 0.29) is 11.7 Å². The van der Waals surface area contributed by atoms with Crippen molar-refractivity contribution >= 4 is 46.9 Å². The van der Waals surface area contributed by atoms with Crippen LogP contribution in [0.5, 0.6) is 0 Å². The van der Waals surface area contributed by atoms with E-state index in [0.29, 0.717) is 34.1 Å². The molecule has 39 heavy (non-hydrogen) atoms. The summed E-state index contributed by atoms with van der Waals surface area (Å²) in [5.41, 5.74) is 4.07. The Kier molecular flexibility index (Phi) is 9.04. The minimum atomic E-state index is 0.0973. The summed E-state index contributed by atoms with van der Waals surface area (Å²) in [5, 5.41) is 10.5. The third-order valence-electron chi connectivity index (χ3n) is 6.63. The molecule has 0 unspecified atom stereocenters. The number of benzene rings is 3. The predicted molar refractivity (Wildman–Crippen MR) is 161 cm³/mol. The molecule has 3 aromatic carbocycles. The van der Waals surface area contributed by atoms with Gasteiger partial charge in [-0.25, -0.2) is 0 Å². The van der Waals surface area contributed by atoms with Gasteiger partial charge in [0.05, 0.1) is 21.5 Å². The minimum absolute atomic E-state index is 0.0973. The molecule has 1 aliphatic heterocycles. The zero-order valence-corrected chi connectivity index (χ0v) is 24.0. The van der Waals surface area contributed by atoms with Gasteiger partial charge in [-0.15, -0.1) is 10.2 Å². The average Bonchev–Trinajstić information content (AvgIpc) is 3.38. The van der Waals surface area contributed by atoms with Gasteiger partial charge < -0.3 is 4.90 Å². The van der Waals surface area contributed by atoms with Crippen molar-refractivity contribution < 1.29 is 4.79 Å². The predicted octanol–water partition coefficient (Wildman–Crippen LogP) is 6.50. The summed E-state index contributed by atoms with van der Waals surface area (Å²) in [7, 11) is 0. The largest absolute Gasteiger partial charge is 0.339 e. The standard InChI is InChI=1S/C30H29Cl2N5OS/c1-22-9-11-24(12-10-22)29-33-34-30(37(29)25-13-14-26(31)27(32)20-25)39-21-28(38)36-18-16-35(17-19-36)15-5-8-23-6-3-2-4-7-23/h2-14,20H,15-19,21H2,1H3/b8-5+. The normalized spacial score (nSPS) is 14.3. The first kappa shape index (κ1) is 27.5. The molecule has 6 nitrogen and oxygen atoms in total. The van der Waals surface area contributed by atoms with Crippen LogP contribution in [0.1, 0.15) is 11.1 Å². The summed E-state index contributed by atoms with van der Waals surface area (Å²) < 4.78 is 1.93. The molecule has 0 saturated carbocycles. The molecular weight excluding hydrogens is 549 g/mol. The molecule has 0 spiro atoms. The maximum atomic E-state index is 13.1. The molecule has 1 amide bonds. The Balaban J connectivity index is 1.23. The van der Waals surface area contributed by atoms with Gasteiger partial charge in [0, 0.05) is 38.3 Å². The van der Waals surface area contributed by atoms with E-state index in [1.54, 1.807) is 12.1 Å². The zero-order chi connectivity index (χ0) is 27.2. The van der Waals surface area contributed by atoms with E-state index >= 15 is 0 Å². The second-order valence-corrected chi connectivity index (χ2v) is 11.1. The van der Waals surface area contributed by atoms with Gasteiger partial charge in [-0.3, -0.25) is 14.3 Å². The van der Waals surface area contributed by atoms with Gasteiger partial charge in [0.1, 0.15) is 0 Å². The van der Waals surface area contributed by atoms with Crippen molar-refractivity contribution in [1.82, 2.24) is 24.6 Å². The molecule has 1 aliphatic rings. The molecule has 4 aromatic rings. The highest BCUT2D eigenvalue weighted by Crippen LogP contribution is 2.31. The summed E-state index contributed by atoms with van der Waals surface area (Å²) in [5.74, 6) is 1.06. The Morgan fingerprint density at radius 1 is 0.923 bits per heavy atom. The topological polar surface area (TPSA) is 54.3 Å². The number of hydrogen-bond acceptors (Lipinski definition) is 5. The number of hydrogen-bond donors (Lipinski definition) is 0. The summed E-state index contributed by atoms with van der Waals surface area (Å²) in [6.45, 7) is 6.06. The van der Waals surface area contributed by atoms with Crippen LogP contribution in [0.25, 0.3) is 23.2 Å². The van der Waals surface area contributed by atoms with E-state index in [0.717, 1.165) is 36.4 Å². The molecular formula is C30H29Cl2N5OS. The Morgan fingerprint density at radius 3 is 2.38 bits per heavy atom. The van der Waals surface area contributed by atoms with Crippen LogP contribution in [0, 0.1) is 6.92 Å². The molecule has 9 heteroatoms. The van der Waals surface area contributed by atoms with Crippen LogP contribution in [0.2, 0.25) is 10.0 Å². The van der Waals surface area contributed by atoms with Crippen molar-refractivity contribution in [2.75, 3.05) is 38.5 Å². The molecule has 2 heterocycles. The molecule has 0 atom stereocenters. The van der Waals surface area contributed by atoms with E-state index in [2.05, 4.69) is 39.4 Å². The highest BCUT2D eigenvalue weighted by atomic mass is 35.5. The average molecular weight is 579 g/mol. The lowest BCUT2D eigenvalue weighted by Crippen LogP contribution is -2.49. The Labute approximate surface area is 243 Å². The first-order chi connectivity index (χ1) is 19.0. The molecule has 1 fully saturated rings. The Morgan fingerprint density at radius 2 is 1.67 bits per heavy atom. The van der Waals surface area contributed by atoms with E-state index < -0.39 is 0 Å². The fourth-order valence-corrected chi connectivity index (χ4v) is 5.56. The van der Waals surface area contributed by atoms with Gasteiger partial charge in [0.15, 0.2) is 11.0 Å². The lowest BCUT2D eigenvalue weighted by molar-refractivity contribution is -0.130. The van der Waals surface area contributed by atoms with Crippen molar-refractivity contribution in [3.05, 3.63) is 100 Å². The second-order valence-electron chi connectivity index (χ2n) is 9.39. The second kappa shape index (κ2) is 12.8. The van der Waals surface area contributed by atoms with Crippen molar-refractivity contribution in [2.45, 2.75) is 12.1 Å². The molecule has 1 aromatic heterocycles. The van der Waals surface area contributed by atoms with E-state index in [9.17, 15) is 4.79 Å². The highest BCUT2D eigenvalue weighted by molar-refractivity contribution is 7.99. The number of carbonyl (C=O) groups is 1. The molecule has 1 saturated heterocycles. The zero-order valence-electron chi connectivity index (χ0n) is 21.6. The van der Waals surface area contributed by atoms with Crippen molar-refractivity contribution in [3.63, 3.8) is 0 Å². The van der Waals surface area contributed by atoms with Crippen LogP contribution in [0.3, 0.4) is 0 Å². The van der Waals surface area contributed by atoms with E-state index in [1.807, 2.05) is 64.9 Å². The third-order valence-corrected chi connectivity index (χ3v) is 8.28. The summed E-state index contributed by atoms with van der Waals surface area (Å²) in [4.78, 5) is 17.4.